The highest BCUT2D eigenvalue weighted by Gasteiger charge is 2.16. The molecule has 0 unspecified atom stereocenters. The monoisotopic (exact) mass is 396 g/mol. The van der Waals surface area contributed by atoms with E-state index < -0.39 is 25.8 Å². The lowest BCUT2D eigenvalue weighted by Gasteiger charge is -2.09. The minimum Gasteiger partial charge on any atom is -0.355 e. The molecule has 0 saturated carbocycles. The lowest BCUT2D eigenvalue weighted by molar-refractivity contribution is -0.120. The molecule has 0 atom stereocenters. The molecule has 0 aliphatic heterocycles. The van der Waals surface area contributed by atoms with Gasteiger partial charge in [-0.1, -0.05) is 36.4 Å². The molecule has 2 rings (SSSR count). The zero-order chi connectivity index (χ0) is 19.0. The van der Waals surface area contributed by atoms with Crippen LogP contribution in [0.3, 0.4) is 0 Å². The number of hydrogen-bond acceptors (Lipinski definition) is 5. The molecular formula is C17H20N2O5S2. The Morgan fingerprint density at radius 3 is 2.00 bits per heavy atom. The number of sulfone groups is 1. The number of sulfonamides is 1. The highest BCUT2D eigenvalue weighted by molar-refractivity contribution is 7.92. The zero-order valence-electron chi connectivity index (χ0n) is 14.0. The van der Waals surface area contributed by atoms with Gasteiger partial charge in [0.25, 0.3) is 0 Å². The lowest BCUT2D eigenvalue weighted by atomic mass is 10.3. The molecule has 1 amide bonds. The largest absolute Gasteiger partial charge is 0.355 e. The SMILES string of the molecule is O=C(CCS(=O)(=O)c1ccccc1)NCCS(=O)(=O)Nc1ccccc1. The number of hydrogen-bond donors (Lipinski definition) is 2. The van der Waals surface area contributed by atoms with Crippen LogP contribution >= 0.6 is 0 Å². The molecule has 0 radical (unpaired) electrons. The van der Waals surface area contributed by atoms with E-state index in [0.717, 1.165) is 0 Å². The van der Waals surface area contributed by atoms with Gasteiger partial charge in [-0.05, 0) is 24.3 Å². The molecular weight excluding hydrogens is 376 g/mol. The van der Waals surface area contributed by atoms with Crippen molar-refractivity contribution in [2.75, 3.05) is 22.8 Å². The second kappa shape index (κ2) is 8.81. The van der Waals surface area contributed by atoms with Gasteiger partial charge in [0.15, 0.2) is 9.84 Å². The van der Waals surface area contributed by atoms with Gasteiger partial charge >= 0.3 is 0 Å². The molecule has 0 saturated heterocycles. The Kier molecular flexibility index (Phi) is 6.76. The van der Waals surface area contributed by atoms with Gasteiger partial charge in [0.05, 0.1) is 16.4 Å². The highest BCUT2D eigenvalue weighted by Crippen LogP contribution is 2.11. The molecule has 0 aromatic heterocycles. The third kappa shape index (κ3) is 6.49. The Balaban J connectivity index is 1.77. The predicted octanol–water partition coefficient (Wildman–Crippen LogP) is 1.41. The first kappa shape index (κ1) is 19.9. The van der Waals surface area contributed by atoms with Gasteiger partial charge < -0.3 is 5.32 Å². The van der Waals surface area contributed by atoms with Gasteiger partial charge in [-0.15, -0.1) is 0 Å². The molecule has 0 spiro atoms. The molecule has 2 aromatic rings. The summed E-state index contributed by atoms with van der Waals surface area (Å²) in [5.41, 5.74) is 0.438. The smallest absolute Gasteiger partial charge is 0.234 e. The van der Waals surface area contributed by atoms with E-state index in [4.69, 9.17) is 0 Å². The van der Waals surface area contributed by atoms with Crippen LogP contribution in [0.25, 0.3) is 0 Å². The minimum atomic E-state index is -3.60. The molecule has 0 aliphatic carbocycles. The molecule has 7 nitrogen and oxygen atoms in total. The first-order valence-electron chi connectivity index (χ1n) is 7.88. The van der Waals surface area contributed by atoms with Crippen molar-refractivity contribution < 1.29 is 21.6 Å². The van der Waals surface area contributed by atoms with Crippen LogP contribution in [-0.2, 0) is 24.7 Å². The number of benzene rings is 2. The summed E-state index contributed by atoms with van der Waals surface area (Å²) in [5, 5.41) is 2.43. The summed E-state index contributed by atoms with van der Waals surface area (Å²) in [6, 6.07) is 16.3. The molecule has 140 valence electrons. The Bertz CT molecular complexity index is 928. The van der Waals surface area contributed by atoms with E-state index in [1.54, 1.807) is 48.5 Å². The summed E-state index contributed by atoms with van der Waals surface area (Å²) >= 11 is 0. The maximum atomic E-state index is 12.1. The third-order valence-electron chi connectivity index (χ3n) is 3.44. The number of anilines is 1. The van der Waals surface area contributed by atoms with Gasteiger partial charge in [0.1, 0.15) is 0 Å². The summed E-state index contributed by atoms with van der Waals surface area (Å²) < 4.78 is 50.4. The van der Waals surface area contributed by atoms with Crippen molar-refractivity contribution in [1.29, 1.82) is 0 Å². The van der Waals surface area contributed by atoms with Gasteiger partial charge in [-0.2, -0.15) is 0 Å². The Morgan fingerprint density at radius 1 is 0.808 bits per heavy atom. The number of amides is 1. The van der Waals surface area contributed by atoms with Crippen molar-refractivity contribution in [2.45, 2.75) is 11.3 Å². The van der Waals surface area contributed by atoms with Crippen molar-refractivity contribution in [2.24, 2.45) is 0 Å². The Hall–Kier alpha value is -2.39. The minimum absolute atomic E-state index is 0.105. The van der Waals surface area contributed by atoms with Crippen LogP contribution in [0.2, 0.25) is 0 Å². The number of carbonyl (C=O) groups is 1. The van der Waals surface area contributed by atoms with Crippen molar-refractivity contribution in [1.82, 2.24) is 5.32 Å². The standard InChI is InChI=1S/C17H20N2O5S2/c20-17(11-13-25(21,22)16-9-5-2-6-10-16)18-12-14-26(23,24)19-15-7-3-1-4-8-15/h1-10,19H,11-14H2,(H,18,20). The van der Waals surface area contributed by atoms with Gasteiger partial charge in [-0.25, -0.2) is 16.8 Å². The lowest BCUT2D eigenvalue weighted by Crippen LogP contribution is -2.32. The molecule has 0 bridgehead atoms. The molecule has 0 heterocycles. The Morgan fingerprint density at radius 2 is 1.38 bits per heavy atom. The summed E-state index contributed by atoms with van der Waals surface area (Å²) in [6.45, 7) is -0.105. The fourth-order valence-corrected chi connectivity index (χ4v) is 4.35. The van der Waals surface area contributed by atoms with Crippen molar-refractivity contribution >= 4 is 31.5 Å². The fourth-order valence-electron chi connectivity index (χ4n) is 2.12. The number of rotatable bonds is 9. The van der Waals surface area contributed by atoms with E-state index in [-0.39, 0.29) is 29.4 Å². The summed E-state index contributed by atoms with van der Waals surface area (Å²) in [7, 11) is -7.14. The van der Waals surface area contributed by atoms with E-state index in [0.29, 0.717) is 5.69 Å². The second-order valence-electron chi connectivity index (χ2n) is 5.52. The summed E-state index contributed by atoms with van der Waals surface area (Å²) in [4.78, 5) is 11.9. The van der Waals surface area contributed by atoms with Crippen molar-refractivity contribution in [3.05, 3.63) is 60.7 Å². The normalized spacial score (nSPS) is 11.7. The van der Waals surface area contributed by atoms with Gasteiger partial charge in [-0.3, -0.25) is 9.52 Å². The Labute approximate surface area is 153 Å². The molecule has 2 N–H and O–H groups in total. The molecule has 0 aliphatic rings. The predicted molar refractivity (Wildman–Crippen MR) is 100.0 cm³/mol. The van der Waals surface area contributed by atoms with E-state index >= 15 is 0 Å². The maximum absolute atomic E-state index is 12.1. The molecule has 2 aromatic carbocycles. The second-order valence-corrected chi connectivity index (χ2v) is 9.47. The van der Waals surface area contributed by atoms with Crippen LogP contribution in [0.15, 0.2) is 65.6 Å². The zero-order valence-corrected chi connectivity index (χ0v) is 15.6. The average Bonchev–Trinajstić information content (AvgIpc) is 2.61. The number of para-hydroxylation sites is 1. The molecule has 0 fully saturated rings. The van der Waals surface area contributed by atoms with Gasteiger partial charge in [0.2, 0.25) is 15.9 Å². The van der Waals surface area contributed by atoms with Crippen LogP contribution < -0.4 is 10.0 Å². The average molecular weight is 396 g/mol. The first-order chi connectivity index (χ1) is 12.3. The quantitative estimate of drug-likeness (QED) is 0.666. The topological polar surface area (TPSA) is 109 Å². The fraction of sp³-hybridized carbons (Fsp3) is 0.235. The molecule has 9 heteroatoms. The van der Waals surface area contributed by atoms with Gasteiger partial charge in [0, 0.05) is 18.7 Å². The van der Waals surface area contributed by atoms with E-state index in [1.807, 2.05) is 0 Å². The number of carbonyl (C=O) groups excluding carboxylic acids is 1. The van der Waals surface area contributed by atoms with E-state index in [2.05, 4.69) is 10.0 Å². The van der Waals surface area contributed by atoms with Crippen LogP contribution in [0.1, 0.15) is 6.42 Å². The maximum Gasteiger partial charge on any atom is 0.234 e. The van der Waals surface area contributed by atoms with Crippen molar-refractivity contribution in [3.63, 3.8) is 0 Å². The summed E-state index contributed by atoms with van der Waals surface area (Å²) in [5.74, 6) is -1.16. The number of nitrogens with one attached hydrogen (secondary N) is 2. The van der Waals surface area contributed by atoms with Crippen LogP contribution in [-0.4, -0.2) is 40.8 Å². The van der Waals surface area contributed by atoms with Crippen LogP contribution in [0.4, 0.5) is 5.69 Å². The summed E-state index contributed by atoms with van der Waals surface area (Å²) in [6.07, 6.45) is -0.233. The highest BCUT2D eigenvalue weighted by atomic mass is 32.2. The van der Waals surface area contributed by atoms with E-state index in [1.165, 1.54) is 12.1 Å². The van der Waals surface area contributed by atoms with Crippen LogP contribution in [0, 0.1) is 0 Å². The van der Waals surface area contributed by atoms with Crippen LogP contribution in [0.5, 0.6) is 0 Å². The third-order valence-corrected chi connectivity index (χ3v) is 6.46. The first-order valence-corrected chi connectivity index (χ1v) is 11.2. The van der Waals surface area contributed by atoms with Crippen molar-refractivity contribution in [3.8, 4) is 0 Å². The molecule has 26 heavy (non-hydrogen) atoms. The van der Waals surface area contributed by atoms with E-state index in [9.17, 15) is 21.6 Å².